The average Bonchev–Trinajstić information content (AvgIpc) is 2.96. The first-order chi connectivity index (χ1) is 13.1. The Balaban J connectivity index is 1.51. The van der Waals surface area contributed by atoms with Crippen LogP contribution in [-0.2, 0) is 6.61 Å². The third-order valence-corrected chi connectivity index (χ3v) is 4.36. The van der Waals surface area contributed by atoms with Crippen LogP contribution in [0.5, 0.6) is 11.5 Å². The Morgan fingerprint density at radius 3 is 2.63 bits per heavy atom. The number of fused-ring (bicyclic) bond motifs is 1. The lowest BCUT2D eigenvalue weighted by atomic mass is 10.1. The van der Waals surface area contributed by atoms with E-state index in [2.05, 4.69) is 0 Å². The zero-order chi connectivity index (χ0) is 18.8. The van der Waals surface area contributed by atoms with Gasteiger partial charge in [0.1, 0.15) is 23.9 Å². The van der Waals surface area contributed by atoms with Gasteiger partial charge in [0.2, 0.25) is 5.78 Å². The molecule has 1 aliphatic heterocycles. The highest BCUT2D eigenvalue weighted by Gasteiger charge is 2.27. The smallest absolute Gasteiger partial charge is 0.231 e. The minimum absolute atomic E-state index is 0.158. The molecular formula is C22H14ClFO3. The Morgan fingerprint density at radius 1 is 1.04 bits per heavy atom. The summed E-state index contributed by atoms with van der Waals surface area (Å²) < 4.78 is 24.7. The second kappa shape index (κ2) is 7.25. The topological polar surface area (TPSA) is 35.5 Å². The molecule has 0 bridgehead atoms. The lowest BCUT2D eigenvalue weighted by molar-refractivity contribution is 0.101. The number of ketones is 1. The molecule has 0 unspecified atom stereocenters. The summed E-state index contributed by atoms with van der Waals surface area (Å²) in [5, 5.41) is 0.667. The molecule has 0 spiro atoms. The van der Waals surface area contributed by atoms with E-state index in [0.717, 1.165) is 5.56 Å². The summed E-state index contributed by atoms with van der Waals surface area (Å²) >= 11 is 5.87. The van der Waals surface area contributed by atoms with Gasteiger partial charge in [-0.3, -0.25) is 4.79 Å². The molecule has 27 heavy (non-hydrogen) atoms. The number of ether oxygens (including phenoxy) is 2. The second-order valence-electron chi connectivity index (χ2n) is 6.07. The van der Waals surface area contributed by atoms with E-state index in [4.69, 9.17) is 21.1 Å². The standard InChI is InChI=1S/C22H14ClFO3/c23-16-6-4-14(5-7-16)13-26-18-8-9-19-20(12-18)27-21(22(19)25)11-15-2-1-3-17(24)10-15/h1-12H,13H2/b21-11+. The summed E-state index contributed by atoms with van der Waals surface area (Å²) in [5.74, 6) is 0.564. The summed E-state index contributed by atoms with van der Waals surface area (Å²) in [4.78, 5) is 12.5. The van der Waals surface area contributed by atoms with Crippen molar-refractivity contribution < 1.29 is 18.7 Å². The normalized spacial score (nSPS) is 14.1. The van der Waals surface area contributed by atoms with Crippen LogP contribution in [0.25, 0.3) is 6.08 Å². The largest absolute Gasteiger partial charge is 0.489 e. The van der Waals surface area contributed by atoms with Crippen molar-refractivity contribution in [3.8, 4) is 11.5 Å². The predicted octanol–water partition coefficient (Wildman–Crippen LogP) is 5.67. The molecule has 3 aromatic rings. The average molecular weight is 381 g/mol. The van der Waals surface area contributed by atoms with Gasteiger partial charge in [0.25, 0.3) is 0 Å². The number of halogens is 2. The van der Waals surface area contributed by atoms with Crippen LogP contribution in [0.1, 0.15) is 21.5 Å². The van der Waals surface area contributed by atoms with Gasteiger partial charge in [-0.2, -0.15) is 0 Å². The Kier molecular flexibility index (Phi) is 4.65. The first-order valence-electron chi connectivity index (χ1n) is 8.29. The zero-order valence-corrected chi connectivity index (χ0v) is 14.9. The molecule has 0 atom stereocenters. The fourth-order valence-corrected chi connectivity index (χ4v) is 2.88. The van der Waals surface area contributed by atoms with Gasteiger partial charge in [-0.1, -0.05) is 35.9 Å². The van der Waals surface area contributed by atoms with E-state index in [0.29, 0.717) is 34.3 Å². The number of benzene rings is 3. The summed E-state index contributed by atoms with van der Waals surface area (Å²) in [5.41, 5.74) is 1.99. The van der Waals surface area contributed by atoms with E-state index in [1.165, 1.54) is 18.2 Å². The van der Waals surface area contributed by atoms with Crippen molar-refractivity contribution in [2.24, 2.45) is 0 Å². The summed E-state index contributed by atoms with van der Waals surface area (Å²) in [7, 11) is 0. The highest BCUT2D eigenvalue weighted by molar-refractivity contribution is 6.30. The molecule has 0 saturated carbocycles. The number of allylic oxidation sites excluding steroid dienone is 1. The molecule has 0 aromatic heterocycles. The summed E-state index contributed by atoms with van der Waals surface area (Å²) in [6, 6.07) is 18.4. The van der Waals surface area contributed by atoms with E-state index < -0.39 is 0 Å². The molecule has 0 amide bonds. The fraction of sp³-hybridized carbons (Fsp3) is 0.0455. The van der Waals surface area contributed by atoms with Crippen LogP contribution in [0.2, 0.25) is 5.02 Å². The molecule has 4 rings (SSSR count). The number of carbonyl (C=O) groups is 1. The number of hydrogen-bond donors (Lipinski definition) is 0. The van der Waals surface area contributed by atoms with Crippen LogP contribution >= 0.6 is 11.6 Å². The van der Waals surface area contributed by atoms with E-state index in [-0.39, 0.29) is 17.4 Å². The van der Waals surface area contributed by atoms with Crippen molar-refractivity contribution in [2.45, 2.75) is 6.61 Å². The van der Waals surface area contributed by atoms with Gasteiger partial charge in [0, 0.05) is 11.1 Å². The van der Waals surface area contributed by atoms with Crippen molar-refractivity contribution in [3.63, 3.8) is 0 Å². The molecule has 0 aliphatic carbocycles. The minimum Gasteiger partial charge on any atom is -0.489 e. The van der Waals surface area contributed by atoms with Gasteiger partial charge in [-0.25, -0.2) is 4.39 Å². The number of Topliss-reactive ketones (excluding diaryl/α,β-unsaturated/α-hetero) is 1. The van der Waals surface area contributed by atoms with E-state index in [9.17, 15) is 9.18 Å². The Hall–Kier alpha value is -3.11. The molecule has 0 N–H and O–H groups in total. The Bertz CT molecular complexity index is 1040. The van der Waals surface area contributed by atoms with E-state index >= 15 is 0 Å². The van der Waals surface area contributed by atoms with Gasteiger partial charge in [-0.15, -0.1) is 0 Å². The predicted molar refractivity (Wildman–Crippen MR) is 102 cm³/mol. The molecule has 0 fully saturated rings. The van der Waals surface area contributed by atoms with Crippen molar-refractivity contribution in [1.82, 2.24) is 0 Å². The Morgan fingerprint density at radius 2 is 1.85 bits per heavy atom. The van der Waals surface area contributed by atoms with Crippen LogP contribution in [0.4, 0.5) is 4.39 Å². The van der Waals surface area contributed by atoms with Crippen molar-refractivity contribution in [2.75, 3.05) is 0 Å². The summed E-state index contributed by atoms with van der Waals surface area (Å²) in [6.45, 7) is 0.371. The fourth-order valence-electron chi connectivity index (χ4n) is 2.75. The zero-order valence-electron chi connectivity index (χ0n) is 14.1. The lowest BCUT2D eigenvalue weighted by Crippen LogP contribution is -1.98. The highest BCUT2D eigenvalue weighted by Crippen LogP contribution is 2.35. The first-order valence-corrected chi connectivity index (χ1v) is 8.67. The van der Waals surface area contributed by atoms with Gasteiger partial charge < -0.3 is 9.47 Å². The van der Waals surface area contributed by atoms with Crippen LogP contribution in [-0.4, -0.2) is 5.78 Å². The second-order valence-corrected chi connectivity index (χ2v) is 6.50. The monoisotopic (exact) mass is 380 g/mol. The molecule has 3 aromatic carbocycles. The van der Waals surface area contributed by atoms with Gasteiger partial charge in [0.05, 0.1) is 5.56 Å². The quantitative estimate of drug-likeness (QED) is 0.547. The molecular weight excluding hydrogens is 367 g/mol. The minimum atomic E-state index is -0.370. The van der Waals surface area contributed by atoms with Crippen LogP contribution < -0.4 is 9.47 Å². The van der Waals surface area contributed by atoms with E-state index in [1.807, 2.05) is 12.1 Å². The van der Waals surface area contributed by atoms with Crippen LogP contribution in [0.15, 0.2) is 72.5 Å². The molecule has 1 aliphatic rings. The van der Waals surface area contributed by atoms with E-state index in [1.54, 1.807) is 42.5 Å². The molecule has 5 heteroatoms. The van der Waals surface area contributed by atoms with Crippen molar-refractivity contribution in [3.05, 3.63) is 100 Å². The van der Waals surface area contributed by atoms with Gasteiger partial charge in [-0.05, 0) is 53.6 Å². The Labute approximate surface area is 160 Å². The third-order valence-electron chi connectivity index (χ3n) is 4.11. The first kappa shape index (κ1) is 17.3. The molecule has 134 valence electrons. The maximum atomic E-state index is 13.3. The van der Waals surface area contributed by atoms with Crippen molar-refractivity contribution in [1.29, 1.82) is 0 Å². The van der Waals surface area contributed by atoms with Crippen molar-refractivity contribution >= 4 is 23.5 Å². The molecule has 0 saturated heterocycles. The third kappa shape index (κ3) is 3.86. The van der Waals surface area contributed by atoms with Gasteiger partial charge in [0.15, 0.2) is 5.76 Å². The lowest BCUT2D eigenvalue weighted by Gasteiger charge is -2.07. The highest BCUT2D eigenvalue weighted by atomic mass is 35.5. The molecule has 3 nitrogen and oxygen atoms in total. The SMILES string of the molecule is O=C1/C(=C\c2cccc(F)c2)Oc2cc(OCc3ccc(Cl)cc3)ccc21. The molecule has 1 heterocycles. The maximum Gasteiger partial charge on any atom is 0.231 e. The van der Waals surface area contributed by atoms with Crippen LogP contribution in [0, 0.1) is 5.82 Å². The summed E-state index contributed by atoms with van der Waals surface area (Å²) in [6.07, 6.45) is 1.53. The number of rotatable bonds is 4. The maximum absolute atomic E-state index is 13.3. The van der Waals surface area contributed by atoms with Crippen LogP contribution in [0.3, 0.4) is 0 Å². The van der Waals surface area contributed by atoms with Gasteiger partial charge >= 0.3 is 0 Å². The number of carbonyl (C=O) groups excluding carboxylic acids is 1. The molecule has 0 radical (unpaired) electrons. The number of hydrogen-bond acceptors (Lipinski definition) is 3.